The second-order valence-corrected chi connectivity index (χ2v) is 10.2. The van der Waals surface area contributed by atoms with Crippen LogP contribution in [-0.4, -0.2) is 24.4 Å². The third-order valence-corrected chi connectivity index (χ3v) is 8.17. The Hall–Kier alpha value is -1.69. The Balaban J connectivity index is 1.87. The summed E-state index contributed by atoms with van der Waals surface area (Å²) in [6.45, 7) is 2.60. The molecule has 0 aliphatic heterocycles. The molecular weight excluding hydrogens is 433 g/mol. The topological polar surface area (TPSA) is 63.4 Å². The van der Waals surface area contributed by atoms with E-state index in [4.69, 9.17) is 0 Å². The van der Waals surface area contributed by atoms with Gasteiger partial charge in [0, 0.05) is 24.0 Å². The summed E-state index contributed by atoms with van der Waals surface area (Å²) in [6.07, 6.45) is -3.10. The number of rotatable bonds is 8. The summed E-state index contributed by atoms with van der Waals surface area (Å²) in [5.74, 6) is -1.22. The van der Waals surface area contributed by atoms with Gasteiger partial charge in [-0.05, 0) is 30.0 Å². The molecule has 0 aliphatic carbocycles. The maximum absolute atomic E-state index is 13.1. The minimum atomic E-state index is -4.64. The predicted octanol–water partition coefficient (Wildman–Crippen LogP) is 5.47. The van der Waals surface area contributed by atoms with E-state index in [1.807, 2.05) is 24.4 Å². The Bertz CT molecular complexity index is 1010. The van der Waals surface area contributed by atoms with Crippen molar-refractivity contribution in [2.45, 2.75) is 36.7 Å². The van der Waals surface area contributed by atoms with Gasteiger partial charge in [0.05, 0.1) is 4.88 Å². The minimum Gasteiger partial charge on any atom is -0.351 e. The third-order valence-electron chi connectivity index (χ3n) is 3.89. The van der Waals surface area contributed by atoms with Gasteiger partial charge in [-0.15, -0.1) is 22.7 Å². The second-order valence-electron chi connectivity index (χ2n) is 5.96. The van der Waals surface area contributed by atoms with E-state index in [-0.39, 0.29) is 16.4 Å². The first-order chi connectivity index (χ1) is 13.2. The van der Waals surface area contributed by atoms with Gasteiger partial charge in [0.25, 0.3) is 10.0 Å². The van der Waals surface area contributed by atoms with Crippen molar-refractivity contribution in [3.05, 3.63) is 46.3 Å². The number of thiophene rings is 2. The van der Waals surface area contributed by atoms with Crippen LogP contribution in [0.4, 0.5) is 13.2 Å². The van der Waals surface area contributed by atoms with Crippen molar-refractivity contribution in [2.24, 2.45) is 0 Å². The summed E-state index contributed by atoms with van der Waals surface area (Å²) in [5, 5.41) is 5.29. The molecule has 0 saturated heterocycles. The molecule has 0 amide bonds. The molecule has 0 spiro atoms. The van der Waals surface area contributed by atoms with Gasteiger partial charge in [0.15, 0.2) is 0 Å². The Morgan fingerprint density at radius 1 is 1.25 bits per heavy atom. The van der Waals surface area contributed by atoms with Crippen LogP contribution < -0.4 is 0 Å². The molecule has 0 unspecified atom stereocenters. The number of halogens is 3. The number of unbranched alkanes of at least 4 members (excludes halogenated alkanes) is 1. The number of hydrogen-bond donors (Lipinski definition) is 0. The summed E-state index contributed by atoms with van der Waals surface area (Å²) in [6, 6.07) is 7.33. The maximum Gasteiger partial charge on any atom is 0.452 e. The average molecular weight is 451 g/mol. The zero-order valence-electron chi connectivity index (χ0n) is 14.8. The standard InChI is InChI=1S/C17H17F3N2O3S3/c1-2-3-8-22(11-12-5-4-9-26-12)28(23,24)16-7-6-14(27-16)13-10-15(25-21-13)17(18,19)20/h4-7,9-10H,2-3,8,11H2,1H3. The van der Waals surface area contributed by atoms with Crippen LogP contribution in [-0.2, 0) is 22.7 Å². The molecule has 0 bridgehead atoms. The molecule has 0 saturated carbocycles. The summed E-state index contributed by atoms with van der Waals surface area (Å²) < 4.78 is 70.0. The van der Waals surface area contributed by atoms with Crippen LogP contribution in [0.1, 0.15) is 30.4 Å². The normalized spacial score (nSPS) is 12.8. The fraction of sp³-hybridized carbons (Fsp3) is 0.353. The molecule has 0 fully saturated rings. The first-order valence-electron chi connectivity index (χ1n) is 8.38. The summed E-state index contributed by atoms with van der Waals surface area (Å²) >= 11 is 2.35. The molecule has 3 rings (SSSR count). The van der Waals surface area contributed by atoms with E-state index in [0.717, 1.165) is 28.7 Å². The van der Waals surface area contributed by atoms with Crippen LogP contribution in [0.15, 0.2) is 44.4 Å². The highest BCUT2D eigenvalue weighted by molar-refractivity contribution is 7.91. The van der Waals surface area contributed by atoms with Crippen molar-refractivity contribution < 1.29 is 26.1 Å². The molecule has 5 nitrogen and oxygen atoms in total. The van der Waals surface area contributed by atoms with Gasteiger partial charge in [0.2, 0.25) is 5.76 Å². The molecule has 3 aromatic rings. The zero-order chi connectivity index (χ0) is 20.4. The molecule has 0 aromatic carbocycles. The molecule has 11 heteroatoms. The van der Waals surface area contributed by atoms with Crippen molar-refractivity contribution in [3.8, 4) is 10.6 Å². The van der Waals surface area contributed by atoms with E-state index >= 15 is 0 Å². The molecule has 3 heterocycles. The van der Waals surface area contributed by atoms with Crippen molar-refractivity contribution >= 4 is 32.7 Å². The van der Waals surface area contributed by atoms with E-state index < -0.39 is 22.0 Å². The van der Waals surface area contributed by atoms with Gasteiger partial charge >= 0.3 is 6.18 Å². The lowest BCUT2D eigenvalue weighted by Crippen LogP contribution is -2.30. The monoisotopic (exact) mass is 450 g/mol. The summed E-state index contributed by atoms with van der Waals surface area (Å²) in [4.78, 5) is 1.21. The van der Waals surface area contributed by atoms with Gasteiger partial charge in [-0.1, -0.05) is 24.6 Å². The molecular formula is C17H17F3N2O3S3. The van der Waals surface area contributed by atoms with Crippen molar-refractivity contribution in [2.75, 3.05) is 6.54 Å². The molecule has 0 radical (unpaired) electrons. The molecule has 152 valence electrons. The number of sulfonamides is 1. The van der Waals surface area contributed by atoms with E-state index in [2.05, 4.69) is 9.68 Å². The first-order valence-corrected chi connectivity index (χ1v) is 11.5. The number of aromatic nitrogens is 1. The second kappa shape index (κ2) is 8.36. The summed E-state index contributed by atoms with van der Waals surface area (Å²) in [7, 11) is -3.78. The van der Waals surface area contributed by atoms with E-state index in [9.17, 15) is 21.6 Å². The van der Waals surface area contributed by atoms with Gasteiger partial charge in [-0.3, -0.25) is 0 Å². The van der Waals surface area contributed by atoms with Crippen LogP contribution in [0.5, 0.6) is 0 Å². The lowest BCUT2D eigenvalue weighted by molar-refractivity contribution is -0.155. The fourth-order valence-electron chi connectivity index (χ4n) is 2.44. The van der Waals surface area contributed by atoms with Crippen molar-refractivity contribution in [1.82, 2.24) is 9.46 Å². The number of hydrogen-bond acceptors (Lipinski definition) is 6. The van der Waals surface area contributed by atoms with Gasteiger partial charge in [-0.2, -0.15) is 17.5 Å². The summed E-state index contributed by atoms with van der Waals surface area (Å²) in [5.41, 5.74) is -0.0443. The quantitative estimate of drug-likeness (QED) is 0.456. The van der Waals surface area contributed by atoms with Crippen LogP contribution in [0.3, 0.4) is 0 Å². The number of nitrogens with zero attached hydrogens (tertiary/aromatic N) is 2. The van der Waals surface area contributed by atoms with Crippen LogP contribution >= 0.6 is 22.7 Å². The third kappa shape index (κ3) is 4.65. The van der Waals surface area contributed by atoms with E-state index in [1.54, 1.807) is 0 Å². The Kier molecular flexibility index (Phi) is 6.28. The van der Waals surface area contributed by atoms with Gasteiger partial charge in [0.1, 0.15) is 9.90 Å². The van der Waals surface area contributed by atoms with Crippen molar-refractivity contribution in [1.29, 1.82) is 0 Å². The maximum atomic E-state index is 13.1. The number of alkyl halides is 3. The van der Waals surface area contributed by atoms with Gasteiger partial charge in [-0.25, -0.2) is 8.42 Å². The fourth-order valence-corrected chi connectivity index (χ4v) is 6.11. The molecule has 0 N–H and O–H groups in total. The Labute approximate surface area is 168 Å². The van der Waals surface area contributed by atoms with Gasteiger partial charge < -0.3 is 4.52 Å². The minimum absolute atomic E-state index is 0.0443. The van der Waals surface area contributed by atoms with Crippen LogP contribution in [0.2, 0.25) is 0 Å². The predicted molar refractivity (Wildman–Crippen MR) is 102 cm³/mol. The lowest BCUT2D eigenvalue weighted by Gasteiger charge is -2.20. The molecule has 28 heavy (non-hydrogen) atoms. The SMILES string of the molecule is CCCCN(Cc1cccs1)S(=O)(=O)c1ccc(-c2cc(C(F)(F)F)on2)s1. The smallest absolute Gasteiger partial charge is 0.351 e. The highest BCUT2D eigenvalue weighted by atomic mass is 32.2. The Morgan fingerprint density at radius 2 is 2.04 bits per heavy atom. The largest absolute Gasteiger partial charge is 0.452 e. The van der Waals surface area contributed by atoms with Crippen LogP contribution in [0, 0.1) is 0 Å². The Morgan fingerprint density at radius 3 is 2.64 bits per heavy atom. The van der Waals surface area contributed by atoms with Crippen molar-refractivity contribution in [3.63, 3.8) is 0 Å². The first kappa shape index (κ1) is 21.0. The zero-order valence-corrected chi connectivity index (χ0v) is 17.2. The lowest BCUT2D eigenvalue weighted by atomic mass is 10.3. The highest BCUT2D eigenvalue weighted by Crippen LogP contribution is 2.36. The molecule has 3 aromatic heterocycles. The average Bonchev–Trinajstić information content (AvgIpc) is 3.38. The van der Waals surface area contributed by atoms with E-state index in [1.165, 1.54) is 27.8 Å². The highest BCUT2D eigenvalue weighted by Gasteiger charge is 2.36. The van der Waals surface area contributed by atoms with Crippen LogP contribution in [0.25, 0.3) is 10.6 Å². The molecule has 0 atom stereocenters. The van der Waals surface area contributed by atoms with E-state index in [0.29, 0.717) is 17.8 Å². The molecule has 0 aliphatic rings.